The van der Waals surface area contributed by atoms with Crippen LogP contribution >= 0.6 is 0 Å². The molecule has 0 unspecified atom stereocenters. The van der Waals surface area contributed by atoms with Crippen molar-refractivity contribution < 1.29 is 8.42 Å². The van der Waals surface area contributed by atoms with E-state index in [-0.39, 0.29) is 11.9 Å². The third-order valence-electron chi connectivity index (χ3n) is 5.41. The lowest BCUT2D eigenvalue weighted by Crippen LogP contribution is -2.37. The molecule has 1 aliphatic heterocycles. The Morgan fingerprint density at radius 2 is 2.07 bits per heavy atom. The second kappa shape index (κ2) is 7.17. The van der Waals surface area contributed by atoms with Crippen LogP contribution in [0.2, 0.25) is 0 Å². The van der Waals surface area contributed by atoms with Crippen molar-refractivity contribution in [2.75, 3.05) is 25.1 Å². The number of nitrogens with two attached hydrogens (primary N) is 1. The largest absolute Gasteiger partial charge is 0.366 e. The van der Waals surface area contributed by atoms with E-state index in [1.807, 2.05) is 10.7 Å². The first-order valence-electron chi connectivity index (χ1n) is 9.50. The van der Waals surface area contributed by atoms with Gasteiger partial charge in [0.05, 0.1) is 12.5 Å². The molecule has 10 heteroatoms. The molecule has 3 N–H and O–H groups in total. The molecule has 0 aromatic carbocycles. The number of anilines is 1. The molecule has 0 amide bonds. The van der Waals surface area contributed by atoms with E-state index in [9.17, 15) is 8.42 Å². The van der Waals surface area contributed by atoms with Crippen LogP contribution in [0.3, 0.4) is 0 Å². The summed E-state index contributed by atoms with van der Waals surface area (Å²) in [5, 5.41) is 11.4. The number of piperidine rings is 1. The minimum Gasteiger partial charge on any atom is -0.366 e. The van der Waals surface area contributed by atoms with Crippen molar-refractivity contribution in [2.45, 2.75) is 38.5 Å². The van der Waals surface area contributed by atoms with Gasteiger partial charge in [0.25, 0.3) is 0 Å². The van der Waals surface area contributed by atoms with E-state index in [0.717, 1.165) is 53.7 Å². The van der Waals surface area contributed by atoms with Gasteiger partial charge in [0.2, 0.25) is 16.0 Å². The minimum atomic E-state index is -3.16. The van der Waals surface area contributed by atoms with Crippen molar-refractivity contribution in [1.82, 2.24) is 29.1 Å². The van der Waals surface area contributed by atoms with Crippen LogP contribution in [0, 0.1) is 0 Å². The van der Waals surface area contributed by atoms with Gasteiger partial charge in [-0.2, -0.15) is 10.1 Å². The summed E-state index contributed by atoms with van der Waals surface area (Å²) in [5.74, 6) is 0.430. The summed E-state index contributed by atoms with van der Waals surface area (Å²) in [5.41, 5.74) is 10.9. The maximum Gasteiger partial charge on any atom is 0.240 e. The van der Waals surface area contributed by atoms with Crippen LogP contribution in [0.5, 0.6) is 0 Å². The fourth-order valence-corrected chi connectivity index (χ4v) is 4.92. The van der Waals surface area contributed by atoms with Crippen molar-refractivity contribution in [2.24, 2.45) is 0 Å². The molecular formula is C18H25N7O2S. The van der Waals surface area contributed by atoms with Gasteiger partial charge in [-0.15, -0.1) is 5.10 Å². The molecule has 0 spiro atoms. The summed E-state index contributed by atoms with van der Waals surface area (Å²) in [7, 11) is -3.16. The average Bonchev–Trinajstić information content (AvgIpc) is 3.31. The number of nitrogens with zero attached hydrogens (tertiary/aromatic N) is 5. The lowest BCUT2D eigenvalue weighted by molar-refractivity contribution is 0.316. The Labute approximate surface area is 164 Å². The summed E-state index contributed by atoms with van der Waals surface area (Å²) in [6, 6.07) is 2.15. The molecule has 9 nitrogen and oxygen atoms in total. The highest BCUT2D eigenvalue weighted by Crippen LogP contribution is 2.35. The number of aromatic nitrogens is 5. The molecule has 4 heterocycles. The predicted molar refractivity (Wildman–Crippen MR) is 107 cm³/mol. The number of hydrogen-bond donors (Lipinski definition) is 2. The van der Waals surface area contributed by atoms with Crippen molar-refractivity contribution in [3.8, 4) is 11.1 Å². The average molecular weight is 404 g/mol. The van der Waals surface area contributed by atoms with Crippen molar-refractivity contribution in [3.05, 3.63) is 29.7 Å². The highest BCUT2D eigenvalue weighted by molar-refractivity contribution is 7.88. The molecule has 1 aliphatic rings. The van der Waals surface area contributed by atoms with Gasteiger partial charge in [0, 0.05) is 42.0 Å². The van der Waals surface area contributed by atoms with Crippen LogP contribution in [-0.2, 0) is 16.4 Å². The van der Waals surface area contributed by atoms with Gasteiger partial charge in [0.1, 0.15) is 0 Å². The Balaban J connectivity index is 1.82. The number of aryl methyl sites for hydroxylation is 1. The van der Waals surface area contributed by atoms with Gasteiger partial charge in [-0.1, -0.05) is 13.3 Å². The van der Waals surface area contributed by atoms with Gasteiger partial charge < -0.3 is 5.73 Å². The molecule has 0 bridgehead atoms. The van der Waals surface area contributed by atoms with E-state index < -0.39 is 10.0 Å². The molecule has 0 saturated carbocycles. The quantitative estimate of drug-likeness (QED) is 0.670. The molecule has 0 aliphatic carbocycles. The van der Waals surface area contributed by atoms with Gasteiger partial charge >= 0.3 is 0 Å². The Morgan fingerprint density at radius 1 is 1.32 bits per heavy atom. The third kappa shape index (κ3) is 3.37. The number of rotatable bonds is 5. The van der Waals surface area contributed by atoms with E-state index in [2.05, 4.69) is 33.3 Å². The Morgan fingerprint density at radius 3 is 2.68 bits per heavy atom. The van der Waals surface area contributed by atoms with Crippen molar-refractivity contribution in [3.63, 3.8) is 0 Å². The SMILES string of the molecule is CCCc1c(-c2cn[nH]c2)cc(C2CCN(S(C)(=O)=O)CC2)n2nc(N)nc12. The van der Waals surface area contributed by atoms with Gasteiger partial charge in [-0.05, 0) is 30.9 Å². The summed E-state index contributed by atoms with van der Waals surface area (Å²) in [6.45, 7) is 3.14. The topological polar surface area (TPSA) is 122 Å². The molecule has 4 rings (SSSR count). The number of nitrogen functional groups attached to an aromatic ring is 1. The number of H-pyrrole nitrogens is 1. The minimum absolute atomic E-state index is 0.183. The summed E-state index contributed by atoms with van der Waals surface area (Å²) < 4.78 is 27.1. The maximum atomic E-state index is 11.8. The summed E-state index contributed by atoms with van der Waals surface area (Å²) >= 11 is 0. The Hall–Kier alpha value is -2.46. The van der Waals surface area contributed by atoms with E-state index >= 15 is 0 Å². The number of hydrogen-bond acceptors (Lipinski definition) is 6. The Bertz CT molecular complexity index is 1080. The summed E-state index contributed by atoms with van der Waals surface area (Å²) in [6.07, 6.45) is 8.25. The molecule has 1 fully saturated rings. The molecule has 3 aromatic heterocycles. The monoisotopic (exact) mass is 403 g/mol. The van der Waals surface area contributed by atoms with Crippen LogP contribution in [0.25, 0.3) is 16.8 Å². The lowest BCUT2D eigenvalue weighted by Gasteiger charge is -2.30. The van der Waals surface area contributed by atoms with Crippen LogP contribution < -0.4 is 5.73 Å². The molecular weight excluding hydrogens is 378 g/mol. The fourth-order valence-electron chi connectivity index (χ4n) is 4.05. The maximum absolute atomic E-state index is 11.8. The first kappa shape index (κ1) is 18.9. The Kier molecular flexibility index (Phi) is 4.84. The predicted octanol–water partition coefficient (Wildman–Crippen LogP) is 1.79. The number of aromatic amines is 1. The molecule has 3 aromatic rings. The van der Waals surface area contributed by atoms with Crippen molar-refractivity contribution >= 4 is 21.6 Å². The zero-order valence-corrected chi connectivity index (χ0v) is 16.9. The first-order chi connectivity index (χ1) is 13.4. The fraction of sp³-hybridized carbons (Fsp3) is 0.500. The standard InChI is InChI=1S/C18H25N7O2S/c1-3-4-14-15(13-10-20-21-11-13)9-16(25-17(14)22-18(19)23-25)12-5-7-24(8-6-12)28(2,26)27/h9-12H,3-8H2,1-2H3,(H2,19,23)(H,20,21). The number of sulfonamides is 1. The van der Waals surface area contributed by atoms with Crippen molar-refractivity contribution in [1.29, 1.82) is 0 Å². The first-order valence-corrected chi connectivity index (χ1v) is 11.4. The molecule has 0 atom stereocenters. The van der Waals surface area contributed by atoms with Gasteiger partial charge in [-0.25, -0.2) is 17.2 Å². The zero-order chi connectivity index (χ0) is 19.9. The summed E-state index contributed by atoms with van der Waals surface area (Å²) in [4.78, 5) is 4.50. The molecule has 28 heavy (non-hydrogen) atoms. The third-order valence-corrected chi connectivity index (χ3v) is 6.71. The van der Waals surface area contributed by atoms with Crippen LogP contribution in [0.1, 0.15) is 43.4 Å². The molecule has 150 valence electrons. The van der Waals surface area contributed by atoms with E-state index in [0.29, 0.717) is 13.1 Å². The number of nitrogens with one attached hydrogen (secondary N) is 1. The highest BCUT2D eigenvalue weighted by Gasteiger charge is 2.29. The zero-order valence-electron chi connectivity index (χ0n) is 16.1. The van der Waals surface area contributed by atoms with E-state index in [1.54, 1.807) is 10.5 Å². The van der Waals surface area contributed by atoms with E-state index in [1.165, 1.54) is 6.26 Å². The number of fused-ring (bicyclic) bond motifs is 1. The van der Waals surface area contributed by atoms with Gasteiger partial charge in [-0.3, -0.25) is 5.10 Å². The number of pyridine rings is 1. The van der Waals surface area contributed by atoms with E-state index in [4.69, 9.17) is 5.73 Å². The lowest BCUT2D eigenvalue weighted by atomic mass is 9.90. The van der Waals surface area contributed by atoms with Crippen LogP contribution in [0.4, 0.5) is 5.95 Å². The van der Waals surface area contributed by atoms with Crippen LogP contribution in [-0.4, -0.2) is 56.9 Å². The normalized spacial score (nSPS) is 16.8. The molecule has 0 radical (unpaired) electrons. The highest BCUT2D eigenvalue weighted by atomic mass is 32.2. The van der Waals surface area contributed by atoms with Gasteiger partial charge in [0.15, 0.2) is 5.65 Å². The second-order valence-corrected chi connectivity index (χ2v) is 9.32. The second-order valence-electron chi connectivity index (χ2n) is 7.34. The van der Waals surface area contributed by atoms with Crippen LogP contribution in [0.15, 0.2) is 18.5 Å². The smallest absolute Gasteiger partial charge is 0.240 e. The molecule has 1 saturated heterocycles.